The van der Waals surface area contributed by atoms with Crippen molar-refractivity contribution >= 4 is 17.2 Å². The molecule has 1 fully saturated rings. The molecule has 2 N–H and O–H groups in total. The summed E-state index contributed by atoms with van der Waals surface area (Å²) in [6.45, 7) is 6.14. The standard InChI is InChI=1S/C14H28N2S/c1-2-6-13-7-5-11-16(12-9-13)10-4-3-8-14(15)17/h13H,2-12H2,1H3,(H2,15,17). The SMILES string of the molecule is CCCC1CCCN(CCCCC(N)=S)CC1. The highest BCUT2D eigenvalue weighted by Crippen LogP contribution is 2.22. The van der Waals surface area contributed by atoms with Crippen molar-refractivity contribution in [3.05, 3.63) is 0 Å². The van der Waals surface area contributed by atoms with E-state index >= 15 is 0 Å². The van der Waals surface area contributed by atoms with Gasteiger partial charge >= 0.3 is 0 Å². The van der Waals surface area contributed by atoms with E-state index < -0.39 is 0 Å². The third-order valence-electron chi connectivity index (χ3n) is 3.78. The zero-order valence-corrected chi connectivity index (χ0v) is 12.1. The molecule has 0 aliphatic carbocycles. The van der Waals surface area contributed by atoms with Crippen molar-refractivity contribution in [1.29, 1.82) is 0 Å². The van der Waals surface area contributed by atoms with Gasteiger partial charge in [0.2, 0.25) is 0 Å². The normalized spacial score (nSPS) is 22.3. The van der Waals surface area contributed by atoms with Crippen LogP contribution in [-0.4, -0.2) is 29.5 Å². The molecule has 1 aliphatic heterocycles. The fourth-order valence-electron chi connectivity index (χ4n) is 2.78. The molecule has 0 aromatic heterocycles. The van der Waals surface area contributed by atoms with E-state index in [1.165, 1.54) is 58.2 Å². The van der Waals surface area contributed by atoms with Gasteiger partial charge in [0.05, 0.1) is 4.99 Å². The van der Waals surface area contributed by atoms with Crippen LogP contribution in [0.15, 0.2) is 0 Å². The number of hydrogen-bond donors (Lipinski definition) is 1. The van der Waals surface area contributed by atoms with Gasteiger partial charge in [0, 0.05) is 0 Å². The molecule has 0 bridgehead atoms. The Bertz CT molecular complexity index is 218. The second kappa shape index (κ2) is 8.87. The summed E-state index contributed by atoms with van der Waals surface area (Å²) in [5, 5.41) is 0. The summed E-state index contributed by atoms with van der Waals surface area (Å²) in [6, 6.07) is 0. The summed E-state index contributed by atoms with van der Waals surface area (Å²) in [6.07, 6.45) is 10.3. The maximum atomic E-state index is 5.51. The summed E-state index contributed by atoms with van der Waals surface area (Å²) in [7, 11) is 0. The number of rotatable bonds is 7. The molecule has 100 valence electrons. The van der Waals surface area contributed by atoms with Crippen LogP contribution in [0.3, 0.4) is 0 Å². The third-order valence-corrected chi connectivity index (χ3v) is 3.99. The molecule has 1 aliphatic rings. The second-order valence-corrected chi connectivity index (χ2v) is 5.88. The lowest BCUT2D eigenvalue weighted by molar-refractivity contribution is 0.274. The van der Waals surface area contributed by atoms with Gasteiger partial charge in [0.1, 0.15) is 0 Å². The van der Waals surface area contributed by atoms with E-state index in [0.717, 1.165) is 18.8 Å². The van der Waals surface area contributed by atoms with Crippen LogP contribution in [0, 0.1) is 5.92 Å². The molecule has 2 nitrogen and oxygen atoms in total. The molecule has 0 aromatic rings. The Morgan fingerprint density at radius 1 is 1.29 bits per heavy atom. The largest absolute Gasteiger partial charge is 0.393 e. The van der Waals surface area contributed by atoms with Gasteiger partial charge in [-0.2, -0.15) is 0 Å². The van der Waals surface area contributed by atoms with Crippen molar-refractivity contribution < 1.29 is 0 Å². The van der Waals surface area contributed by atoms with Gasteiger partial charge in [-0.3, -0.25) is 0 Å². The highest BCUT2D eigenvalue weighted by Gasteiger charge is 2.15. The van der Waals surface area contributed by atoms with Crippen LogP contribution in [0.4, 0.5) is 0 Å². The monoisotopic (exact) mass is 256 g/mol. The molecule has 1 unspecified atom stereocenters. The predicted octanol–water partition coefficient (Wildman–Crippen LogP) is 3.35. The Morgan fingerprint density at radius 3 is 2.82 bits per heavy atom. The fourth-order valence-corrected chi connectivity index (χ4v) is 2.92. The molecular formula is C14H28N2S. The number of hydrogen-bond acceptors (Lipinski definition) is 2. The van der Waals surface area contributed by atoms with Crippen molar-refractivity contribution in [2.24, 2.45) is 11.7 Å². The van der Waals surface area contributed by atoms with Gasteiger partial charge in [-0.05, 0) is 64.1 Å². The first-order chi connectivity index (χ1) is 8.22. The molecule has 0 aromatic carbocycles. The lowest BCUT2D eigenvalue weighted by Gasteiger charge is -2.19. The highest BCUT2D eigenvalue weighted by molar-refractivity contribution is 7.80. The van der Waals surface area contributed by atoms with E-state index in [9.17, 15) is 0 Å². The minimum Gasteiger partial charge on any atom is -0.393 e. The topological polar surface area (TPSA) is 29.3 Å². The molecule has 1 saturated heterocycles. The molecule has 3 heteroatoms. The molecular weight excluding hydrogens is 228 g/mol. The van der Waals surface area contributed by atoms with Gasteiger partial charge in [0.15, 0.2) is 0 Å². The van der Waals surface area contributed by atoms with E-state index in [-0.39, 0.29) is 0 Å². The smallest absolute Gasteiger partial charge is 0.0727 e. The number of nitrogens with two attached hydrogens (primary N) is 1. The first-order valence-corrected chi connectivity index (χ1v) is 7.64. The van der Waals surface area contributed by atoms with Crippen LogP contribution >= 0.6 is 12.2 Å². The van der Waals surface area contributed by atoms with Crippen LogP contribution in [0.5, 0.6) is 0 Å². The molecule has 0 saturated carbocycles. The first kappa shape index (κ1) is 14.9. The minimum atomic E-state index is 0.670. The van der Waals surface area contributed by atoms with Crippen LogP contribution in [0.25, 0.3) is 0 Å². The van der Waals surface area contributed by atoms with Gasteiger partial charge in [0.25, 0.3) is 0 Å². The van der Waals surface area contributed by atoms with Crippen molar-refractivity contribution in [3.63, 3.8) is 0 Å². The maximum Gasteiger partial charge on any atom is 0.0727 e. The highest BCUT2D eigenvalue weighted by atomic mass is 32.1. The lowest BCUT2D eigenvalue weighted by atomic mass is 9.96. The van der Waals surface area contributed by atoms with Gasteiger partial charge in [-0.15, -0.1) is 0 Å². The molecule has 1 rings (SSSR count). The zero-order chi connectivity index (χ0) is 12.5. The molecule has 0 amide bonds. The number of unbranched alkanes of at least 4 members (excludes halogenated alkanes) is 1. The van der Waals surface area contributed by atoms with E-state index in [2.05, 4.69) is 11.8 Å². The molecule has 1 atom stereocenters. The van der Waals surface area contributed by atoms with E-state index in [1.807, 2.05) is 0 Å². The van der Waals surface area contributed by atoms with Crippen molar-refractivity contribution in [2.75, 3.05) is 19.6 Å². The molecule has 0 spiro atoms. The summed E-state index contributed by atoms with van der Waals surface area (Å²) in [4.78, 5) is 3.30. The van der Waals surface area contributed by atoms with Gasteiger partial charge < -0.3 is 10.6 Å². The first-order valence-electron chi connectivity index (χ1n) is 7.23. The van der Waals surface area contributed by atoms with Gasteiger partial charge in [-0.1, -0.05) is 32.0 Å². The van der Waals surface area contributed by atoms with E-state index in [1.54, 1.807) is 0 Å². The summed E-state index contributed by atoms with van der Waals surface area (Å²) in [5.74, 6) is 0.988. The Morgan fingerprint density at radius 2 is 2.12 bits per heavy atom. The maximum absolute atomic E-state index is 5.51. The van der Waals surface area contributed by atoms with Crippen LogP contribution < -0.4 is 5.73 Å². The third kappa shape index (κ3) is 6.99. The molecule has 17 heavy (non-hydrogen) atoms. The quantitative estimate of drug-likeness (QED) is 0.559. The van der Waals surface area contributed by atoms with Crippen LogP contribution in [-0.2, 0) is 0 Å². The van der Waals surface area contributed by atoms with E-state index in [4.69, 9.17) is 18.0 Å². The summed E-state index contributed by atoms with van der Waals surface area (Å²) < 4.78 is 0. The Labute approximate surface area is 112 Å². The fraction of sp³-hybridized carbons (Fsp3) is 0.929. The van der Waals surface area contributed by atoms with Gasteiger partial charge in [-0.25, -0.2) is 0 Å². The average Bonchev–Trinajstić information content (AvgIpc) is 2.51. The lowest BCUT2D eigenvalue weighted by Crippen LogP contribution is -2.26. The molecule has 0 radical (unpaired) electrons. The Balaban J connectivity index is 2.11. The number of nitrogens with zero attached hydrogens (tertiary/aromatic N) is 1. The summed E-state index contributed by atoms with van der Waals surface area (Å²) >= 11 is 4.90. The average molecular weight is 256 g/mol. The Kier molecular flexibility index (Phi) is 7.78. The van der Waals surface area contributed by atoms with Crippen molar-refractivity contribution in [1.82, 2.24) is 4.90 Å². The minimum absolute atomic E-state index is 0.670. The number of likely N-dealkylation sites (tertiary alicyclic amines) is 1. The predicted molar refractivity (Wildman–Crippen MR) is 79.3 cm³/mol. The summed E-state index contributed by atoms with van der Waals surface area (Å²) in [5.41, 5.74) is 5.51. The zero-order valence-electron chi connectivity index (χ0n) is 11.3. The van der Waals surface area contributed by atoms with Crippen LogP contribution in [0.1, 0.15) is 58.3 Å². The van der Waals surface area contributed by atoms with Crippen LogP contribution in [0.2, 0.25) is 0 Å². The Hall–Kier alpha value is -0.150. The second-order valence-electron chi connectivity index (χ2n) is 5.35. The number of thiocarbonyl (C=S) groups is 1. The van der Waals surface area contributed by atoms with E-state index in [0.29, 0.717) is 4.99 Å². The van der Waals surface area contributed by atoms with Crippen molar-refractivity contribution in [3.8, 4) is 0 Å². The van der Waals surface area contributed by atoms with Crippen molar-refractivity contribution in [2.45, 2.75) is 58.3 Å². The molecule has 1 heterocycles.